The van der Waals surface area contributed by atoms with Gasteiger partial charge in [-0.25, -0.2) is 21.6 Å². The number of hydrogen-bond acceptors (Lipinski definition) is 5. The van der Waals surface area contributed by atoms with Crippen molar-refractivity contribution in [3.63, 3.8) is 0 Å². The van der Waals surface area contributed by atoms with Crippen molar-refractivity contribution in [2.75, 3.05) is 17.7 Å². The van der Waals surface area contributed by atoms with Crippen molar-refractivity contribution in [1.29, 1.82) is 0 Å². The molecule has 0 fully saturated rings. The molecule has 1 aromatic rings. The zero-order valence-corrected chi connectivity index (χ0v) is 12.7. The fourth-order valence-corrected chi connectivity index (χ4v) is 4.23. The molecule has 1 rings (SSSR count). The van der Waals surface area contributed by atoms with Crippen molar-refractivity contribution < 1.29 is 16.8 Å². The Bertz CT molecular complexity index is 646. The van der Waals surface area contributed by atoms with Gasteiger partial charge in [0.15, 0.2) is 0 Å². The zero-order valence-electron chi connectivity index (χ0n) is 11.0. The number of hydrogen-bond donors (Lipinski definition) is 2. The predicted molar refractivity (Wildman–Crippen MR) is 75.1 cm³/mol. The van der Waals surface area contributed by atoms with Crippen LogP contribution in [-0.2, 0) is 19.9 Å². The number of anilines is 1. The van der Waals surface area contributed by atoms with Gasteiger partial charge in [0.05, 0.1) is 10.6 Å². The molecular weight excluding hydrogens is 288 g/mol. The van der Waals surface area contributed by atoms with Gasteiger partial charge in [-0.15, -0.1) is 0 Å². The summed E-state index contributed by atoms with van der Waals surface area (Å²) in [4.78, 5) is 0.0327. The van der Waals surface area contributed by atoms with E-state index in [0.29, 0.717) is 5.69 Å². The smallest absolute Gasteiger partial charge is 0.240 e. The minimum absolute atomic E-state index is 0.0327. The minimum Gasteiger partial charge on any atom is -0.399 e. The summed E-state index contributed by atoms with van der Waals surface area (Å²) in [7, 11) is -7.02. The summed E-state index contributed by atoms with van der Waals surface area (Å²) in [6.07, 6.45) is 1.06. The van der Waals surface area contributed by atoms with E-state index in [2.05, 4.69) is 4.72 Å². The Hall–Kier alpha value is -1.12. The van der Waals surface area contributed by atoms with Crippen molar-refractivity contribution in [3.8, 4) is 0 Å². The first-order chi connectivity index (χ1) is 8.49. The number of benzene rings is 1. The summed E-state index contributed by atoms with van der Waals surface area (Å²) in [5.74, 6) is -0.256. The molecular formula is C11H18N2O4S2. The number of sulfonamides is 1. The highest BCUT2D eigenvalue weighted by atomic mass is 32.2. The van der Waals surface area contributed by atoms with Gasteiger partial charge in [0.2, 0.25) is 10.0 Å². The molecule has 0 aliphatic heterocycles. The molecule has 6 nitrogen and oxygen atoms in total. The maximum absolute atomic E-state index is 12.1. The summed E-state index contributed by atoms with van der Waals surface area (Å²) in [6, 6.07) is 3.76. The number of nitrogens with one attached hydrogen (secondary N) is 1. The number of nitrogen functional groups attached to an aromatic ring is 1. The number of aryl methyl sites for hydroxylation is 1. The summed E-state index contributed by atoms with van der Waals surface area (Å²) in [5.41, 5.74) is 6.66. The quantitative estimate of drug-likeness (QED) is 0.760. The fourth-order valence-electron chi connectivity index (χ4n) is 1.75. The molecule has 0 spiro atoms. The lowest BCUT2D eigenvalue weighted by Gasteiger charge is -2.14. The average Bonchev–Trinajstić information content (AvgIpc) is 2.11. The van der Waals surface area contributed by atoms with Crippen LogP contribution in [0.4, 0.5) is 5.69 Å². The van der Waals surface area contributed by atoms with Crippen LogP contribution in [0.5, 0.6) is 0 Å². The highest BCUT2D eigenvalue weighted by molar-refractivity contribution is 7.91. The van der Waals surface area contributed by atoms with E-state index in [1.807, 2.05) is 0 Å². The third kappa shape index (κ3) is 5.17. The van der Waals surface area contributed by atoms with Gasteiger partial charge in [0, 0.05) is 18.0 Å². The van der Waals surface area contributed by atoms with Crippen molar-refractivity contribution >= 4 is 25.5 Å². The van der Waals surface area contributed by atoms with Crippen LogP contribution >= 0.6 is 0 Å². The highest BCUT2D eigenvalue weighted by Gasteiger charge is 2.20. The van der Waals surface area contributed by atoms with E-state index in [9.17, 15) is 16.8 Å². The molecule has 0 amide bonds. The van der Waals surface area contributed by atoms with Gasteiger partial charge >= 0.3 is 0 Å². The van der Waals surface area contributed by atoms with Crippen LogP contribution < -0.4 is 10.5 Å². The molecule has 3 N–H and O–H groups in total. The van der Waals surface area contributed by atoms with Gasteiger partial charge in [-0.3, -0.25) is 0 Å². The lowest BCUT2D eigenvalue weighted by Crippen LogP contribution is -2.37. The molecule has 19 heavy (non-hydrogen) atoms. The molecule has 0 radical (unpaired) electrons. The summed E-state index contributed by atoms with van der Waals surface area (Å²) >= 11 is 0. The van der Waals surface area contributed by atoms with Crippen LogP contribution in [0.25, 0.3) is 0 Å². The maximum Gasteiger partial charge on any atom is 0.240 e. The number of nitrogens with two attached hydrogens (primary N) is 1. The van der Waals surface area contributed by atoms with Crippen molar-refractivity contribution in [1.82, 2.24) is 4.72 Å². The topological polar surface area (TPSA) is 106 Å². The van der Waals surface area contributed by atoms with Gasteiger partial charge in [-0.2, -0.15) is 0 Å². The second kappa shape index (κ2) is 5.48. The summed E-state index contributed by atoms with van der Waals surface area (Å²) in [5, 5.41) is 0. The van der Waals surface area contributed by atoms with E-state index in [1.54, 1.807) is 13.0 Å². The number of sulfone groups is 1. The minimum atomic E-state index is -3.77. The molecule has 1 unspecified atom stereocenters. The normalized spacial score (nSPS) is 14.3. The first-order valence-corrected chi connectivity index (χ1v) is 9.11. The van der Waals surface area contributed by atoms with Crippen LogP contribution in [0.1, 0.15) is 12.5 Å². The Kier molecular flexibility index (Phi) is 4.59. The van der Waals surface area contributed by atoms with Gasteiger partial charge in [-0.1, -0.05) is 0 Å². The fraction of sp³-hybridized carbons (Fsp3) is 0.455. The molecule has 1 atom stereocenters. The second-order valence-electron chi connectivity index (χ2n) is 4.69. The molecule has 1 aromatic carbocycles. The van der Waals surface area contributed by atoms with Crippen LogP contribution in [0.15, 0.2) is 23.1 Å². The second-order valence-corrected chi connectivity index (χ2v) is 8.59. The van der Waals surface area contributed by atoms with E-state index >= 15 is 0 Å². The van der Waals surface area contributed by atoms with Gasteiger partial charge in [-0.05, 0) is 37.6 Å². The van der Waals surface area contributed by atoms with E-state index < -0.39 is 25.9 Å². The highest BCUT2D eigenvalue weighted by Crippen LogP contribution is 2.16. The Morgan fingerprint density at radius 2 is 1.79 bits per heavy atom. The van der Waals surface area contributed by atoms with E-state index in [0.717, 1.165) is 11.8 Å². The van der Waals surface area contributed by atoms with Crippen LogP contribution in [-0.4, -0.2) is 34.9 Å². The first kappa shape index (κ1) is 15.9. The van der Waals surface area contributed by atoms with Gasteiger partial charge in [0.1, 0.15) is 9.84 Å². The van der Waals surface area contributed by atoms with Crippen molar-refractivity contribution in [2.24, 2.45) is 0 Å². The average molecular weight is 306 g/mol. The molecule has 0 aromatic heterocycles. The van der Waals surface area contributed by atoms with Crippen molar-refractivity contribution in [2.45, 2.75) is 24.8 Å². The largest absolute Gasteiger partial charge is 0.399 e. The Labute approximate surface area is 114 Å². The third-order valence-corrected chi connectivity index (χ3v) is 4.97. The van der Waals surface area contributed by atoms with E-state index in [1.165, 1.54) is 19.1 Å². The lowest BCUT2D eigenvalue weighted by molar-refractivity contribution is 0.564. The summed E-state index contributed by atoms with van der Waals surface area (Å²) < 4.78 is 48.7. The van der Waals surface area contributed by atoms with Crippen LogP contribution in [0.2, 0.25) is 0 Å². The predicted octanol–water partition coefficient (Wildman–Crippen LogP) is 0.289. The van der Waals surface area contributed by atoms with E-state index in [4.69, 9.17) is 5.73 Å². The Morgan fingerprint density at radius 1 is 1.21 bits per heavy atom. The van der Waals surface area contributed by atoms with Crippen LogP contribution in [0.3, 0.4) is 0 Å². The monoisotopic (exact) mass is 306 g/mol. The Morgan fingerprint density at radius 3 is 2.26 bits per heavy atom. The van der Waals surface area contributed by atoms with E-state index in [-0.39, 0.29) is 10.6 Å². The molecule has 0 saturated heterocycles. The number of rotatable bonds is 5. The van der Waals surface area contributed by atoms with Gasteiger partial charge < -0.3 is 5.73 Å². The standard InChI is InChI=1S/C11H18N2O4S2/c1-8-4-10(12)6-11(5-8)19(16,17)13-9(2)7-18(3,14)15/h4-6,9,13H,7,12H2,1-3H3. The Balaban J connectivity index is 2.99. The maximum atomic E-state index is 12.1. The molecule has 8 heteroatoms. The molecule has 0 saturated carbocycles. The van der Waals surface area contributed by atoms with Crippen LogP contribution in [0, 0.1) is 6.92 Å². The molecule has 108 valence electrons. The van der Waals surface area contributed by atoms with Crippen molar-refractivity contribution in [3.05, 3.63) is 23.8 Å². The SMILES string of the molecule is Cc1cc(N)cc(S(=O)(=O)NC(C)CS(C)(=O)=O)c1. The molecule has 0 aliphatic rings. The zero-order chi connectivity index (χ0) is 14.8. The molecule has 0 heterocycles. The summed E-state index contributed by atoms with van der Waals surface area (Å²) in [6.45, 7) is 3.23. The molecule has 0 bridgehead atoms. The molecule has 0 aliphatic carbocycles. The lowest BCUT2D eigenvalue weighted by atomic mass is 10.2. The third-order valence-electron chi connectivity index (χ3n) is 2.29. The van der Waals surface area contributed by atoms with Gasteiger partial charge in [0.25, 0.3) is 0 Å². The first-order valence-electron chi connectivity index (χ1n) is 5.57.